The Balaban J connectivity index is 1.44. The number of aryl methyl sites for hydroxylation is 1. The average Bonchev–Trinajstić information content (AvgIpc) is 2.72. The Morgan fingerprint density at radius 3 is 2.22 bits per heavy atom. The molecule has 1 heterocycles. The number of carbonyl (C=O) groups excluding carboxylic acids is 2. The smallest absolute Gasteiger partial charge is 0.244 e. The Morgan fingerprint density at radius 2 is 1.59 bits per heavy atom. The first-order valence-electron chi connectivity index (χ1n) is 10.4. The molecule has 1 atom stereocenters. The summed E-state index contributed by atoms with van der Waals surface area (Å²) >= 11 is 0. The van der Waals surface area contributed by atoms with Crippen LogP contribution in [-0.2, 0) is 9.59 Å². The molecule has 1 aromatic rings. The zero-order valence-electron chi connectivity index (χ0n) is 16.5. The molecule has 148 valence electrons. The predicted octanol–water partition coefficient (Wildman–Crippen LogP) is 3.03. The van der Waals surface area contributed by atoms with Crippen molar-refractivity contribution < 1.29 is 9.59 Å². The Morgan fingerprint density at radius 1 is 1.00 bits per heavy atom. The molecule has 5 heteroatoms. The molecule has 1 saturated heterocycles. The molecule has 3 rings (SSSR count). The van der Waals surface area contributed by atoms with Crippen LogP contribution in [0.1, 0.15) is 62.1 Å². The van der Waals surface area contributed by atoms with E-state index in [0.29, 0.717) is 32.6 Å². The molecule has 2 N–H and O–H groups in total. The summed E-state index contributed by atoms with van der Waals surface area (Å²) in [7, 11) is 0. The summed E-state index contributed by atoms with van der Waals surface area (Å²) < 4.78 is 0. The summed E-state index contributed by atoms with van der Waals surface area (Å²) in [5.41, 5.74) is 8.17. The first-order valence-corrected chi connectivity index (χ1v) is 10.4. The van der Waals surface area contributed by atoms with Crippen LogP contribution in [0.5, 0.6) is 0 Å². The molecule has 1 aliphatic carbocycles. The van der Waals surface area contributed by atoms with Crippen molar-refractivity contribution in [2.24, 2.45) is 11.7 Å². The van der Waals surface area contributed by atoms with Gasteiger partial charge < -0.3 is 15.5 Å². The summed E-state index contributed by atoms with van der Waals surface area (Å²) in [6.07, 6.45) is 8.24. The van der Waals surface area contributed by atoms with Gasteiger partial charge in [-0.25, -0.2) is 0 Å². The molecule has 1 aromatic carbocycles. The highest BCUT2D eigenvalue weighted by atomic mass is 16.2. The third-order valence-electron chi connectivity index (χ3n) is 6.14. The zero-order valence-corrected chi connectivity index (χ0v) is 16.5. The van der Waals surface area contributed by atoms with Crippen LogP contribution in [-0.4, -0.2) is 47.8 Å². The fourth-order valence-electron chi connectivity index (χ4n) is 4.25. The van der Waals surface area contributed by atoms with Gasteiger partial charge in [-0.2, -0.15) is 0 Å². The number of hydrogen-bond acceptors (Lipinski definition) is 3. The van der Waals surface area contributed by atoms with Crippen molar-refractivity contribution in [3.63, 3.8) is 0 Å². The molecular weight excluding hydrogens is 338 g/mol. The molecule has 1 aliphatic heterocycles. The molecule has 0 radical (unpaired) electrons. The quantitative estimate of drug-likeness (QED) is 0.865. The SMILES string of the molecule is Cc1ccc(C(N)C(=O)N2CCN(C(=O)CCC3CCCCC3)CC2)cc1. The summed E-state index contributed by atoms with van der Waals surface area (Å²) in [5.74, 6) is 0.932. The third kappa shape index (κ3) is 5.32. The zero-order chi connectivity index (χ0) is 19.2. The molecule has 1 unspecified atom stereocenters. The van der Waals surface area contributed by atoms with Crippen LogP contribution in [0, 0.1) is 12.8 Å². The fourth-order valence-corrected chi connectivity index (χ4v) is 4.25. The highest BCUT2D eigenvalue weighted by molar-refractivity contribution is 5.83. The number of piperazine rings is 1. The van der Waals surface area contributed by atoms with E-state index in [9.17, 15) is 9.59 Å². The summed E-state index contributed by atoms with van der Waals surface area (Å²) in [4.78, 5) is 28.9. The largest absolute Gasteiger partial charge is 0.339 e. The Kier molecular flexibility index (Phi) is 6.89. The number of rotatable bonds is 5. The van der Waals surface area contributed by atoms with Gasteiger partial charge in [-0.1, -0.05) is 61.9 Å². The van der Waals surface area contributed by atoms with Crippen LogP contribution in [0.4, 0.5) is 0 Å². The molecule has 2 amide bonds. The number of nitrogens with two attached hydrogens (primary N) is 1. The second kappa shape index (κ2) is 9.36. The minimum Gasteiger partial charge on any atom is -0.339 e. The van der Waals surface area contributed by atoms with Crippen molar-refractivity contribution in [2.75, 3.05) is 26.2 Å². The van der Waals surface area contributed by atoms with Gasteiger partial charge in [0.15, 0.2) is 0 Å². The Bertz CT molecular complexity index is 629. The molecule has 5 nitrogen and oxygen atoms in total. The van der Waals surface area contributed by atoms with Crippen LogP contribution < -0.4 is 5.73 Å². The van der Waals surface area contributed by atoms with Crippen LogP contribution in [0.25, 0.3) is 0 Å². The molecule has 1 saturated carbocycles. The van der Waals surface area contributed by atoms with Crippen molar-refractivity contribution in [3.05, 3.63) is 35.4 Å². The number of hydrogen-bond donors (Lipinski definition) is 1. The monoisotopic (exact) mass is 371 g/mol. The number of benzene rings is 1. The number of amides is 2. The Labute approximate surface area is 162 Å². The molecular formula is C22H33N3O2. The lowest BCUT2D eigenvalue weighted by atomic mass is 9.86. The lowest BCUT2D eigenvalue weighted by molar-refractivity contribution is -0.140. The normalized spacial score (nSPS) is 19.8. The van der Waals surface area contributed by atoms with Gasteiger partial charge in [0.05, 0.1) is 0 Å². The van der Waals surface area contributed by atoms with Crippen LogP contribution in [0.2, 0.25) is 0 Å². The van der Waals surface area contributed by atoms with Crippen LogP contribution in [0.3, 0.4) is 0 Å². The Hall–Kier alpha value is -1.88. The van der Waals surface area contributed by atoms with E-state index in [1.165, 1.54) is 32.1 Å². The topological polar surface area (TPSA) is 66.6 Å². The highest BCUT2D eigenvalue weighted by Crippen LogP contribution is 2.27. The van der Waals surface area contributed by atoms with E-state index in [0.717, 1.165) is 23.5 Å². The van der Waals surface area contributed by atoms with E-state index < -0.39 is 6.04 Å². The van der Waals surface area contributed by atoms with Crippen LogP contribution >= 0.6 is 0 Å². The van der Waals surface area contributed by atoms with Gasteiger partial charge >= 0.3 is 0 Å². The molecule has 0 spiro atoms. The molecule has 2 fully saturated rings. The van der Waals surface area contributed by atoms with E-state index in [4.69, 9.17) is 5.73 Å². The minimum absolute atomic E-state index is 0.0480. The van der Waals surface area contributed by atoms with E-state index in [-0.39, 0.29) is 11.8 Å². The first-order chi connectivity index (χ1) is 13.0. The lowest BCUT2D eigenvalue weighted by Crippen LogP contribution is -2.52. The maximum atomic E-state index is 12.7. The molecule has 27 heavy (non-hydrogen) atoms. The van der Waals surface area contributed by atoms with E-state index in [1.807, 2.05) is 36.1 Å². The van der Waals surface area contributed by atoms with Crippen LogP contribution in [0.15, 0.2) is 24.3 Å². The van der Waals surface area contributed by atoms with Crippen molar-refractivity contribution >= 4 is 11.8 Å². The van der Waals surface area contributed by atoms with E-state index in [1.54, 1.807) is 4.90 Å². The van der Waals surface area contributed by atoms with Gasteiger partial charge in [-0.3, -0.25) is 9.59 Å². The van der Waals surface area contributed by atoms with Crippen molar-refractivity contribution in [1.29, 1.82) is 0 Å². The third-order valence-corrected chi connectivity index (χ3v) is 6.14. The van der Waals surface area contributed by atoms with Gasteiger partial charge in [0.25, 0.3) is 0 Å². The van der Waals surface area contributed by atoms with E-state index >= 15 is 0 Å². The fraction of sp³-hybridized carbons (Fsp3) is 0.636. The molecule has 0 bridgehead atoms. The standard InChI is InChI=1S/C22H33N3O2/c1-17-7-10-19(11-8-17)21(23)22(27)25-15-13-24(14-16-25)20(26)12-9-18-5-3-2-4-6-18/h7-8,10-11,18,21H,2-6,9,12-16,23H2,1H3. The number of nitrogens with zero attached hydrogens (tertiary/aromatic N) is 2. The van der Waals surface area contributed by atoms with Crippen molar-refractivity contribution in [3.8, 4) is 0 Å². The molecule has 0 aromatic heterocycles. The number of carbonyl (C=O) groups is 2. The predicted molar refractivity (Wildman–Crippen MR) is 107 cm³/mol. The van der Waals surface area contributed by atoms with Gasteiger partial charge in [0.2, 0.25) is 11.8 Å². The average molecular weight is 372 g/mol. The lowest BCUT2D eigenvalue weighted by Gasteiger charge is -2.36. The second-order valence-corrected chi connectivity index (χ2v) is 8.14. The van der Waals surface area contributed by atoms with Gasteiger partial charge in [0, 0.05) is 32.6 Å². The summed E-state index contributed by atoms with van der Waals surface area (Å²) in [6.45, 7) is 4.41. The highest BCUT2D eigenvalue weighted by Gasteiger charge is 2.28. The van der Waals surface area contributed by atoms with Gasteiger partial charge in [-0.15, -0.1) is 0 Å². The van der Waals surface area contributed by atoms with E-state index in [2.05, 4.69) is 0 Å². The maximum Gasteiger partial charge on any atom is 0.244 e. The molecule has 2 aliphatic rings. The minimum atomic E-state index is -0.626. The van der Waals surface area contributed by atoms with Gasteiger partial charge in [0.1, 0.15) is 6.04 Å². The van der Waals surface area contributed by atoms with Gasteiger partial charge in [-0.05, 0) is 24.8 Å². The van der Waals surface area contributed by atoms with Crippen molar-refractivity contribution in [1.82, 2.24) is 9.80 Å². The van der Waals surface area contributed by atoms with Crippen molar-refractivity contribution in [2.45, 2.75) is 57.9 Å². The summed E-state index contributed by atoms with van der Waals surface area (Å²) in [6, 6.07) is 7.17. The second-order valence-electron chi connectivity index (χ2n) is 8.14. The maximum absolute atomic E-state index is 12.7. The first kappa shape index (κ1) is 19.9. The summed E-state index contributed by atoms with van der Waals surface area (Å²) in [5, 5.41) is 0.